The van der Waals surface area contributed by atoms with Crippen molar-refractivity contribution in [3.63, 3.8) is 0 Å². The van der Waals surface area contributed by atoms with Crippen molar-refractivity contribution in [1.82, 2.24) is 20.5 Å². The number of hydrogen-bond donors (Lipinski definition) is 4. The summed E-state index contributed by atoms with van der Waals surface area (Å²) in [5.74, 6) is -0.726. The van der Waals surface area contributed by atoms with E-state index in [0.717, 1.165) is 10.9 Å². The zero-order valence-electron chi connectivity index (χ0n) is 20.3. The van der Waals surface area contributed by atoms with Gasteiger partial charge in [0.15, 0.2) is 0 Å². The first kappa shape index (κ1) is 24.7. The maximum atomic E-state index is 14.0. The number of nitrogens with zero attached hydrogens (tertiary/aromatic N) is 2. The largest absolute Gasteiger partial charge is 0.496 e. The smallest absolute Gasteiger partial charge is 0.243 e. The van der Waals surface area contributed by atoms with Crippen LogP contribution in [0.15, 0.2) is 42.5 Å². The zero-order chi connectivity index (χ0) is 26.1. The Balaban J connectivity index is 1.46. The molecule has 2 aliphatic rings. The number of benzene rings is 2. The number of aromatic amines is 1. The molecule has 0 bridgehead atoms. The highest BCUT2D eigenvalue weighted by Crippen LogP contribution is 2.37. The second kappa shape index (κ2) is 10.2. The molecule has 3 aromatic rings. The lowest BCUT2D eigenvalue weighted by atomic mass is 9.90. The molecular formula is C27H28FN5O4. The highest BCUT2D eigenvalue weighted by molar-refractivity contribution is 5.87. The molecule has 37 heavy (non-hydrogen) atoms. The number of aliphatic hydroxyl groups excluding tert-OH is 1. The van der Waals surface area contributed by atoms with Crippen molar-refractivity contribution in [3.8, 4) is 11.8 Å². The highest BCUT2D eigenvalue weighted by atomic mass is 19.1. The van der Waals surface area contributed by atoms with E-state index in [9.17, 15) is 24.3 Å². The Bertz CT molecular complexity index is 1380. The number of rotatable bonds is 7. The third-order valence-electron chi connectivity index (χ3n) is 7.23. The summed E-state index contributed by atoms with van der Waals surface area (Å²) >= 11 is 0. The van der Waals surface area contributed by atoms with Crippen LogP contribution in [-0.4, -0.2) is 53.0 Å². The van der Waals surface area contributed by atoms with Crippen LogP contribution in [0.4, 0.5) is 4.39 Å². The number of carbonyl (C=O) groups excluding carboxylic acids is 2. The monoisotopic (exact) mass is 505 g/mol. The number of H-pyrrole nitrogens is 1. The molecule has 4 atom stereocenters. The van der Waals surface area contributed by atoms with Crippen molar-refractivity contribution in [2.75, 3.05) is 20.2 Å². The summed E-state index contributed by atoms with van der Waals surface area (Å²) in [4.78, 5) is 30.5. The first-order valence-corrected chi connectivity index (χ1v) is 12.2. The molecular weight excluding hydrogens is 477 g/mol. The summed E-state index contributed by atoms with van der Waals surface area (Å²) in [6, 6.07) is 11.8. The minimum atomic E-state index is -1.19. The van der Waals surface area contributed by atoms with Gasteiger partial charge in [0.05, 0.1) is 18.9 Å². The fourth-order valence-corrected chi connectivity index (χ4v) is 5.36. The van der Waals surface area contributed by atoms with Crippen molar-refractivity contribution < 1.29 is 23.8 Å². The SMILES string of the molecule is COc1cccc2[nH]c(C(O)N3CCc4cc(F)ccc4[C@@H]3C(=O)N[C@H](C#N)C[C@@H]3CCNC3=O)cc12. The first-order chi connectivity index (χ1) is 17.9. The number of amides is 2. The molecule has 2 amide bonds. The molecule has 192 valence electrons. The fourth-order valence-electron chi connectivity index (χ4n) is 5.36. The van der Waals surface area contributed by atoms with Crippen LogP contribution in [0.5, 0.6) is 5.75 Å². The van der Waals surface area contributed by atoms with Crippen LogP contribution in [0.25, 0.3) is 10.9 Å². The topological polar surface area (TPSA) is 130 Å². The van der Waals surface area contributed by atoms with Crippen LogP contribution >= 0.6 is 0 Å². The number of halogens is 1. The number of fused-ring (bicyclic) bond motifs is 2. The third-order valence-corrected chi connectivity index (χ3v) is 7.23. The van der Waals surface area contributed by atoms with Gasteiger partial charge in [-0.1, -0.05) is 12.1 Å². The standard InChI is InChI=1S/C27H28FN5O4/c1-37-23-4-2-3-21-20(23)13-22(32-21)27(36)33-10-8-15-11-17(28)5-6-19(15)24(33)26(35)31-18(14-29)12-16-7-9-30-25(16)34/h2-6,11,13,16,18,24,27,32,36H,7-10,12H2,1H3,(H,30,34)(H,31,35)/t16-,18-,24+,27?/m0/s1. The number of hydrogen-bond acceptors (Lipinski definition) is 6. The second-order valence-electron chi connectivity index (χ2n) is 9.46. The van der Waals surface area contributed by atoms with Crippen molar-refractivity contribution in [2.45, 2.75) is 37.6 Å². The lowest BCUT2D eigenvalue weighted by molar-refractivity contribution is -0.134. The molecule has 0 saturated carbocycles. The van der Waals surface area contributed by atoms with Gasteiger partial charge in [-0.3, -0.25) is 14.5 Å². The minimum absolute atomic E-state index is 0.126. The summed E-state index contributed by atoms with van der Waals surface area (Å²) < 4.78 is 19.4. The Morgan fingerprint density at radius 3 is 2.92 bits per heavy atom. The highest BCUT2D eigenvalue weighted by Gasteiger charge is 2.39. The van der Waals surface area contributed by atoms with E-state index in [0.29, 0.717) is 42.0 Å². The number of ether oxygens (including phenoxy) is 1. The molecule has 2 aromatic carbocycles. The first-order valence-electron chi connectivity index (χ1n) is 12.2. The summed E-state index contributed by atoms with van der Waals surface area (Å²) in [5.41, 5.74) is 2.48. The van der Waals surface area contributed by atoms with Gasteiger partial charge in [0.2, 0.25) is 11.8 Å². The van der Waals surface area contributed by atoms with E-state index in [1.54, 1.807) is 24.1 Å². The quantitative estimate of drug-likeness (QED) is 0.390. The number of carbonyl (C=O) groups is 2. The Morgan fingerprint density at radius 2 is 2.19 bits per heavy atom. The van der Waals surface area contributed by atoms with Crippen molar-refractivity contribution in [1.29, 1.82) is 5.26 Å². The normalized spacial score (nSPS) is 21.1. The van der Waals surface area contributed by atoms with Crippen molar-refractivity contribution in [3.05, 3.63) is 65.1 Å². The Hall–Kier alpha value is -3.94. The molecule has 1 saturated heterocycles. The van der Waals surface area contributed by atoms with E-state index >= 15 is 0 Å². The summed E-state index contributed by atoms with van der Waals surface area (Å²) in [6.45, 7) is 0.830. The van der Waals surface area contributed by atoms with Crippen LogP contribution in [0.1, 0.15) is 41.9 Å². The summed E-state index contributed by atoms with van der Waals surface area (Å²) in [7, 11) is 1.57. The van der Waals surface area contributed by atoms with Gasteiger partial charge in [0, 0.05) is 29.9 Å². The van der Waals surface area contributed by atoms with Crippen LogP contribution in [0, 0.1) is 23.1 Å². The number of aromatic nitrogens is 1. The Labute approximate surface area is 213 Å². The number of nitrogens with one attached hydrogen (secondary N) is 3. The Kier molecular flexibility index (Phi) is 6.82. The van der Waals surface area contributed by atoms with Crippen LogP contribution in [0.2, 0.25) is 0 Å². The number of aliphatic hydroxyl groups is 1. The van der Waals surface area contributed by atoms with Crippen LogP contribution in [-0.2, 0) is 16.0 Å². The summed E-state index contributed by atoms with van der Waals surface area (Å²) in [6.07, 6.45) is 0.0443. The van der Waals surface area contributed by atoms with Gasteiger partial charge in [-0.2, -0.15) is 5.26 Å². The van der Waals surface area contributed by atoms with Crippen molar-refractivity contribution in [2.24, 2.45) is 5.92 Å². The molecule has 0 radical (unpaired) electrons. The molecule has 4 N–H and O–H groups in total. The van der Waals surface area contributed by atoms with E-state index in [4.69, 9.17) is 4.74 Å². The number of methoxy groups -OCH3 is 1. The maximum absolute atomic E-state index is 14.0. The molecule has 5 rings (SSSR count). The Morgan fingerprint density at radius 1 is 1.35 bits per heavy atom. The average Bonchev–Trinajstić information content (AvgIpc) is 3.52. The van der Waals surface area contributed by atoms with Crippen LogP contribution < -0.4 is 15.4 Å². The van der Waals surface area contributed by atoms with E-state index in [1.807, 2.05) is 18.2 Å². The molecule has 1 aromatic heterocycles. The molecule has 3 heterocycles. The van der Waals surface area contributed by atoms with E-state index in [1.165, 1.54) is 12.1 Å². The van der Waals surface area contributed by atoms with Gasteiger partial charge in [-0.05, 0) is 60.7 Å². The van der Waals surface area contributed by atoms with Crippen molar-refractivity contribution >= 4 is 22.7 Å². The molecule has 2 aliphatic heterocycles. The molecule has 1 unspecified atom stereocenters. The van der Waals surface area contributed by atoms with Gasteiger partial charge in [0.25, 0.3) is 0 Å². The maximum Gasteiger partial charge on any atom is 0.243 e. The lowest BCUT2D eigenvalue weighted by Crippen LogP contribution is -2.48. The third kappa shape index (κ3) is 4.75. The predicted molar refractivity (Wildman–Crippen MR) is 133 cm³/mol. The minimum Gasteiger partial charge on any atom is -0.496 e. The van der Waals surface area contributed by atoms with Gasteiger partial charge >= 0.3 is 0 Å². The van der Waals surface area contributed by atoms with Crippen LogP contribution in [0.3, 0.4) is 0 Å². The van der Waals surface area contributed by atoms with Gasteiger partial charge in [0.1, 0.15) is 29.9 Å². The predicted octanol–water partition coefficient (Wildman–Crippen LogP) is 2.44. The molecule has 0 aliphatic carbocycles. The van der Waals surface area contributed by atoms with E-state index in [2.05, 4.69) is 21.7 Å². The molecule has 9 nitrogen and oxygen atoms in total. The lowest BCUT2D eigenvalue weighted by Gasteiger charge is -2.39. The van der Waals surface area contributed by atoms with Gasteiger partial charge in [-0.25, -0.2) is 4.39 Å². The van der Waals surface area contributed by atoms with Gasteiger partial charge in [-0.15, -0.1) is 0 Å². The zero-order valence-corrected chi connectivity index (χ0v) is 20.3. The van der Waals surface area contributed by atoms with E-state index < -0.39 is 30.0 Å². The fraction of sp³-hybridized carbons (Fsp3) is 0.370. The number of nitriles is 1. The molecule has 10 heteroatoms. The molecule has 1 fully saturated rings. The van der Waals surface area contributed by atoms with E-state index in [-0.39, 0.29) is 24.8 Å². The van der Waals surface area contributed by atoms with Gasteiger partial charge < -0.3 is 25.5 Å². The average molecular weight is 506 g/mol. The molecule has 0 spiro atoms. The second-order valence-corrected chi connectivity index (χ2v) is 9.46. The summed E-state index contributed by atoms with van der Waals surface area (Å²) in [5, 5.41) is 27.5.